The highest BCUT2D eigenvalue weighted by atomic mass is 35.5. The van der Waals surface area contributed by atoms with E-state index in [9.17, 15) is 4.39 Å². The van der Waals surface area contributed by atoms with Crippen LogP contribution in [0.3, 0.4) is 0 Å². The van der Waals surface area contributed by atoms with E-state index < -0.39 is 5.95 Å². The molecule has 2 nitrogen and oxygen atoms in total. The van der Waals surface area contributed by atoms with Crippen LogP contribution in [0.5, 0.6) is 0 Å². The lowest BCUT2D eigenvalue weighted by atomic mass is 9.92. The first-order valence-corrected chi connectivity index (χ1v) is 3.97. The Kier molecular flexibility index (Phi) is 2.33. The summed E-state index contributed by atoms with van der Waals surface area (Å²) in [5.74, 6) is -0.656. The third-order valence-electron chi connectivity index (χ3n) is 1.46. The molecule has 1 rings (SSSR count). The smallest absolute Gasteiger partial charge is 0.235 e. The molecule has 0 bridgehead atoms. The summed E-state index contributed by atoms with van der Waals surface area (Å²) in [6.45, 7) is 5.75. The van der Waals surface area contributed by atoms with E-state index in [0.29, 0.717) is 5.69 Å². The minimum Gasteiger partial charge on any atom is -0.239 e. The fourth-order valence-corrected chi connectivity index (χ4v) is 1.25. The third-order valence-corrected chi connectivity index (χ3v) is 1.79. The molecule has 0 saturated carbocycles. The van der Waals surface area contributed by atoms with Gasteiger partial charge in [-0.05, 0) is 0 Å². The highest BCUT2D eigenvalue weighted by Gasteiger charge is 2.21. The van der Waals surface area contributed by atoms with Gasteiger partial charge in [0.2, 0.25) is 5.95 Å². The van der Waals surface area contributed by atoms with Crippen LogP contribution in [-0.4, -0.2) is 9.97 Å². The number of halogens is 2. The van der Waals surface area contributed by atoms with Gasteiger partial charge in [-0.2, -0.15) is 4.39 Å². The number of rotatable bonds is 0. The molecule has 0 radical (unpaired) electrons. The van der Waals surface area contributed by atoms with Crippen molar-refractivity contribution in [2.75, 3.05) is 0 Å². The molecule has 12 heavy (non-hydrogen) atoms. The fourth-order valence-electron chi connectivity index (χ4n) is 0.871. The molecular formula is C8H10ClFN2. The monoisotopic (exact) mass is 188 g/mol. The number of hydrogen-bond acceptors (Lipinski definition) is 2. The summed E-state index contributed by atoms with van der Waals surface area (Å²) in [6, 6.07) is 0. The van der Waals surface area contributed by atoms with Gasteiger partial charge in [0.1, 0.15) is 11.3 Å². The van der Waals surface area contributed by atoms with Gasteiger partial charge >= 0.3 is 0 Å². The van der Waals surface area contributed by atoms with Gasteiger partial charge in [0, 0.05) is 5.41 Å². The van der Waals surface area contributed by atoms with Crippen LogP contribution in [0, 0.1) is 5.95 Å². The summed E-state index contributed by atoms with van der Waals surface area (Å²) < 4.78 is 12.8. The molecule has 0 unspecified atom stereocenters. The third kappa shape index (κ3) is 1.72. The Balaban J connectivity index is 3.26. The SMILES string of the molecule is CC(C)(C)c1ncnc(F)c1Cl. The number of aromatic nitrogens is 2. The van der Waals surface area contributed by atoms with Gasteiger partial charge in [-0.1, -0.05) is 32.4 Å². The van der Waals surface area contributed by atoms with Crippen LogP contribution in [0.2, 0.25) is 5.02 Å². The van der Waals surface area contributed by atoms with E-state index in [0.717, 1.165) is 0 Å². The maximum Gasteiger partial charge on any atom is 0.235 e. The minimum atomic E-state index is -0.656. The van der Waals surface area contributed by atoms with Crippen molar-refractivity contribution < 1.29 is 4.39 Å². The molecule has 0 aliphatic rings. The van der Waals surface area contributed by atoms with E-state index in [1.54, 1.807) is 0 Å². The molecule has 0 spiro atoms. The van der Waals surface area contributed by atoms with E-state index in [4.69, 9.17) is 11.6 Å². The molecule has 0 saturated heterocycles. The summed E-state index contributed by atoms with van der Waals surface area (Å²) in [6.07, 6.45) is 1.18. The predicted octanol–water partition coefficient (Wildman–Crippen LogP) is 2.57. The van der Waals surface area contributed by atoms with Gasteiger partial charge in [-0.15, -0.1) is 0 Å². The van der Waals surface area contributed by atoms with Crippen LogP contribution in [0.1, 0.15) is 26.5 Å². The summed E-state index contributed by atoms with van der Waals surface area (Å²) in [5.41, 5.74) is 0.289. The first-order chi connectivity index (χ1) is 5.43. The van der Waals surface area contributed by atoms with Crippen LogP contribution >= 0.6 is 11.6 Å². The zero-order valence-electron chi connectivity index (χ0n) is 7.23. The highest BCUT2D eigenvalue weighted by molar-refractivity contribution is 6.31. The fraction of sp³-hybridized carbons (Fsp3) is 0.500. The number of hydrogen-bond donors (Lipinski definition) is 0. The van der Waals surface area contributed by atoms with Crippen LogP contribution in [0.25, 0.3) is 0 Å². The zero-order valence-corrected chi connectivity index (χ0v) is 7.98. The van der Waals surface area contributed by atoms with E-state index in [1.165, 1.54) is 6.33 Å². The molecule has 0 aliphatic heterocycles. The van der Waals surface area contributed by atoms with E-state index in [1.807, 2.05) is 20.8 Å². The minimum absolute atomic E-state index is 0.0185. The molecule has 1 aromatic heterocycles. The van der Waals surface area contributed by atoms with Crippen molar-refractivity contribution in [2.45, 2.75) is 26.2 Å². The van der Waals surface area contributed by atoms with Gasteiger partial charge in [-0.3, -0.25) is 0 Å². The summed E-state index contributed by atoms with van der Waals surface area (Å²) in [5, 5.41) is 0.0185. The van der Waals surface area contributed by atoms with Gasteiger partial charge in [0.05, 0.1) is 5.69 Å². The zero-order chi connectivity index (χ0) is 9.35. The second-order valence-electron chi connectivity index (χ2n) is 3.58. The van der Waals surface area contributed by atoms with Crippen LogP contribution in [0.15, 0.2) is 6.33 Å². The van der Waals surface area contributed by atoms with Crippen molar-refractivity contribution in [3.05, 3.63) is 23.0 Å². The van der Waals surface area contributed by atoms with E-state index in [2.05, 4.69) is 9.97 Å². The Labute approximate surface area is 75.8 Å². The van der Waals surface area contributed by atoms with Crippen molar-refractivity contribution in [2.24, 2.45) is 0 Å². The summed E-state index contributed by atoms with van der Waals surface area (Å²) >= 11 is 5.68. The Morgan fingerprint density at radius 2 is 1.92 bits per heavy atom. The topological polar surface area (TPSA) is 25.8 Å². The molecule has 66 valence electrons. The Morgan fingerprint density at radius 1 is 1.33 bits per heavy atom. The first kappa shape index (κ1) is 9.39. The van der Waals surface area contributed by atoms with E-state index >= 15 is 0 Å². The molecule has 0 aromatic carbocycles. The van der Waals surface area contributed by atoms with Crippen molar-refractivity contribution >= 4 is 11.6 Å². The van der Waals surface area contributed by atoms with Crippen LogP contribution in [0.4, 0.5) is 4.39 Å². The summed E-state index contributed by atoms with van der Waals surface area (Å²) in [7, 11) is 0. The van der Waals surface area contributed by atoms with Crippen molar-refractivity contribution in [3.63, 3.8) is 0 Å². The van der Waals surface area contributed by atoms with Gasteiger partial charge in [0.15, 0.2) is 0 Å². The molecule has 1 heterocycles. The molecule has 4 heteroatoms. The Hall–Kier alpha value is -0.700. The normalized spacial score (nSPS) is 11.8. The first-order valence-electron chi connectivity index (χ1n) is 3.59. The standard InChI is InChI=1S/C8H10ClFN2/c1-8(2,3)6-5(9)7(10)12-4-11-6/h4H,1-3H3. The lowest BCUT2D eigenvalue weighted by molar-refractivity contribution is 0.532. The molecule has 0 fully saturated rings. The Morgan fingerprint density at radius 3 is 2.33 bits per heavy atom. The Bertz CT molecular complexity index is 294. The predicted molar refractivity (Wildman–Crippen MR) is 45.7 cm³/mol. The van der Waals surface area contributed by atoms with Crippen molar-refractivity contribution in [1.29, 1.82) is 0 Å². The molecule has 0 atom stereocenters. The lowest BCUT2D eigenvalue weighted by Crippen LogP contribution is -2.15. The van der Waals surface area contributed by atoms with Crippen molar-refractivity contribution in [1.82, 2.24) is 9.97 Å². The highest BCUT2D eigenvalue weighted by Crippen LogP contribution is 2.27. The van der Waals surface area contributed by atoms with Crippen molar-refractivity contribution in [3.8, 4) is 0 Å². The maximum atomic E-state index is 12.8. The molecule has 1 aromatic rings. The second kappa shape index (κ2) is 2.98. The molecule has 0 amide bonds. The molecular weight excluding hydrogens is 179 g/mol. The quantitative estimate of drug-likeness (QED) is 0.585. The lowest BCUT2D eigenvalue weighted by Gasteiger charge is -2.18. The largest absolute Gasteiger partial charge is 0.239 e. The maximum absolute atomic E-state index is 12.8. The average molecular weight is 189 g/mol. The molecule has 0 aliphatic carbocycles. The average Bonchev–Trinajstić information content (AvgIpc) is 1.92. The summed E-state index contributed by atoms with van der Waals surface area (Å²) in [4.78, 5) is 7.27. The second-order valence-corrected chi connectivity index (χ2v) is 3.96. The molecule has 0 N–H and O–H groups in total. The van der Waals surface area contributed by atoms with Crippen LogP contribution < -0.4 is 0 Å². The van der Waals surface area contributed by atoms with Gasteiger partial charge < -0.3 is 0 Å². The number of nitrogens with zero attached hydrogens (tertiary/aromatic N) is 2. The van der Waals surface area contributed by atoms with Crippen LogP contribution in [-0.2, 0) is 5.41 Å². The van der Waals surface area contributed by atoms with Gasteiger partial charge in [0.25, 0.3) is 0 Å². The van der Waals surface area contributed by atoms with E-state index in [-0.39, 0.29) is 10.4 Å². The van der Waals surface area contributed by atoms with Gasteiger partial charge in [-0.25, -0.2) is 9.97 Å².